The van der Waals surface area contributed by atoms with E-state index in [0.717, 1.165) is 6.07 Å². The molecule has 0 saturated carbocycles. The molecule has 2 aromatic carbocycles. The minimum absolute atomic E-state index is 0.0380. The Morgan fingerprint density at radius 3 is 2.59 bits per heavy atom. The van der Waals surface area contributed by atoms with Gasteiger partial charge >= 0.3 is 5.97 Å². The molecule has 3 heterocycles. The highest BCUT2D eigenvalue weighted by molar-refractivity contribution is 5.93. The summed E-state index contributed by atoms with van der Waals surface area (Å²) in [4.78, 5) is 15.2. The van der Waals surface area contributed by atoms with Crippen molar-refractivity contribution in [3.63, 3.8) is 0 Å². The van der Waals surface area contributed by atoms with E-state index in [4.69, 9.17) is 14.2 Å². The fourth-order valence-corrected chi connectivity index (χ4v) is 4.03. The number of esters is 1. The molecule has 0 aliphatic carbocycles. The van der Waals surface area contributed by atoms with Crippen molar-refractivity contribution in [1.82, 2.24) is 4.98 Å². The number of carbonyl (C=O) groups is 1. The first kappa shape index (κ1) is 18.1. The molecule has 5 rings (SSSR count). The Morgan fingerprint density at radius 1 is 1.07 bits per heavy atom. The predicted octanol–water partition coefficient (Wildman–Crippen LogP) is 4.75. The number of aromatic nitrogens is 1. The number of hydrogen-bond acceptors (Lipinski definition) is 4. The number of hydrogen-bond donors (Lipinski definition) is 1. The first-order valence-electron chi connectivity index (χ1n) is 9.10. The summed E-state index contributed by atoms with van der Waals surface area (Å²) in [6.45, 7) is 3.22. The number of ether oxygens (including phenoxy) is 3. The number of halogens is 3. The SMILES string of the molecule is CC1(C)OC(=O)[C@H](CC2Oc3cc(F)ccc3-c3[nH]c4c(F)cc(F)cc4c32)O1. The molecular weight excluding hydrogens is 387 g/mol. The third-order valence-electron chi connectivity index (χ3n) is 5.13. The highest BCUT2D eigenvalue weighted by atomic mass is 19.1. The van der Waals surface area contributed by atoms with Crippen LogP contribution in [0, 0.1) is 17.5 Å². The van der Waals surface area contributed by atoms with E-state index in [1.54, 1.807) is 13.8 Å². The topological polar surface area (TPSA) is 60.5 Å². The number of nitrogens with one attached hydrogen (secondary N) is 1. The summed E-state index contributed by atoms with van der Waals surface area (Å²) in [6.07, 6.45) is -1.70. The zero-order valence-electron chi connectivity index (χ0n) is 15.5. The van der Waals surface area contributed by atoms with Crippen LogP contribution in [0.4, 0.5) is 13.2 Å². The summed E-state index contributed by atoms with van der Waals surface area (Å²) in [6, 6.07) is 5.97. The highest BCUT2D eigenvalue weighted by Crippen LogP contribution is 2.48. The van der Waals surface area contributed by atoms with E-state index >= 15 is 0 Å². The second kappa shape index (κ2) is 6.00. The molecule has 8 heteroatoms. The molecule has 2 aliphatic rings. The lowest BCUT2D eigenvalue weighted by atomic mass is 9.93. The molecule has 2 aliphatic heterocycles. The van der Waals surface area contributed by atoms with Crippen molar-refractivity contribution in [3.05, 3.63) is 53.3 Å². The van der Waals surface area contributed by atoms with Crippen LogP contribution in [0.25, 0.3) is 22.2 Å². The number of aromatic amines is 1. The van der Waals surface area contributed by atoms with Crippen LogP contribution in [0.2, 0.25) is 0 Å². The Labute approximate surface area is 163 Å². The molecule has 2 atom stereocenters. The summed E-state index contributed by atoms with van der Waals surface area (Å²) in [5, 5.41) is 0.295. The van der Waals surface area contributed by atoms with Gasteiger partial charge < -0.3 is 19.2 Å². The van der Waals surface area contributed by atoms with Crippen molar-refractivity contribution in [2.45, 2.75) is 38.3 Å². The van der Waals surface area contributed by atoms with Crippen LogP contribution in [0.3, 0.4) is 0 Å². The lowest BCUT2D eigenvalue weighted by molar-refractivity contribution is -0.161. The van der Waals surface area contributed by atoms with Crippen molar-refractivity contribution < 1.29 is 32.2 Å². The molecule has 3 aromatic rings. The Bertz CT molecular complexity index is 1170. The van der Waals surface area contributed by atoms with Crippen molar-refractivity contribution in [1.29, 1.82) is 0 Å². The van der Waals surface area contributed by atoms with Gasteiger partial charge in [-0.05, 0) is 18.2 Å². The first-order valence-corrected chi connectivity index (χ1v) is 9.10. The molecule has 150 valence electrons. The van der Waals surface area contributed by atoms with Gasteiger partial charge in [0.15, 0.2) is 6.10 Å². The Kier molecular flexibility index (Phi) is 3.73. The summed E-state index contributed by atoms with van der Waals surface area (Å²) in [5.74, 6) is -3.39. The van der Waals surface area contributed by atoms with Gasteiger partial charge in [0.05, 0.1) is 11.2 Å². The van der Waals surface area contributed by atoms with Crippen LogP contribution in [-0.2, 0) is 14.3 Å². The molecule has 1 unspecified atom stereocenters. The smallest absolute Gasteiger partial charge is 0.338 e. The number of benzene rings is 2. The van der Waals surface area contributed by atoms with E-state index in [1.807, 2.05) is 0 Å². The molecule has 1 fully saturated rings. The molecule has 5 nitrogen and oxygen atoms in total. The second-order valence-electron chi connectivity index (χ2n) is 7.63. The first-order chi connectivity index (χ1) is 13.7. The molecule has 0 bridgehead atoms. The number of fused-ring (bicyclic) bond motifs is 5. The molecule has 1 aromatic heterocycles. The van der Waals surface area contributed by atoms with Gasteiger partial charge in [0.25, 0.3) is 0 Å². The largest absolute Gasteiger partial charge is 0.485 e. The molecular formula is C21H16F3NO4. The normalized spacial score (nSPS) is 22.2. The molecule has 0 radical (unpaired) electrons. The van der Waals surface area contributed by atoms with Crippen LogP contribution >= 0.6 is 0 Å². The van der Waals surface area contributed by atoms with E-state index in [0.29, 0.717) is 22.2 Å². The van der Waals surface area contributed by atoms with Crippen LogP contribution in [-0.4, -0.2) is 22.8 Å². The minimum atomic E-state index is -1.08. The van der Waals surface area contributed by atoms with E-state index in [2.05, 4.69) is 4.98 Å². The minimum Gasteiger partial charge on any atom is -0.485 e. The number of carbonyl (C=O) groups excluding carboxylic acids is 1. The maximum absolute atomic E-state index is 14.4. The maximum Gasteiger partial charge on any atom is 0.338 e. The average molecular weight is 403 g/mol. The summed E-state index contributed by atoms with van der Waals surface area (Å²) < 4.78 is 58.9. The van der Waals surface area contributed by atoms with Crippen LogP contribution in [0.15, 0.2) is 30.3 Å². The molecule has 1 N–H and O–H groups in total. The monoisotopic (exact) mass is 403 g/mol. The van der Waals surface area contributed by atoms with Crippen LogP contribution in [0.1, 0.15) is 31.9 Å². The summed E-state index contributed by atoms with van der Waals surface area (Å²) in [5.41, 5.74) is 1.60. The Morgan fingerprint density at radius 2 is 1.86 bits per heavy atom. The van der Waals surface area contributed by atoms with E-state index < -0.39 is 41.4 Å². The fourth-order valence-electron chi connectivity index (χ4n) is 4.03. The van der Waals surface area contributed by atoms with Crippen LogP contribution in [0.5, 0.6) is 5.75 Å². The fraction of sp³-hybridized carbons (Fsp3) is 0.286. The number of cyclic esters (lactones) is 1. The van der Waals surface area contributed by atoms with Gasteiger partial charge in [-0.3, -0.25) is 0 Å². The van der Waals surface area contributed by atoms with Crippen molar-refractivity contribution >= 4 is 16.9 Å². The average Bonchev–Trinajstić information content (AvgIpc) is 3.12. The van der Waals surface area contributed by atoms with Gasteiger partial charge in [0.2, 0.25) is 5.79 Å². The van der Waals surface area contributed by atoms with Crippen LogP contribution < -0.4 is 4.74 Å². The number of rotatable bonds is 2. The lowest BCUT2D eigenvalue weighted by Crippen LogP contribution is -2.25. The van der Waals surface area contributed by atoms with Gasteiger partial charge in [-0.2, -0.15) is 0 Å². The van der Waals surface area contributed by atoms with Gasteiger partial charge in [0, 0.05) is 48.9 Å². The maximum atomic E-state index is 14.4. The third-order valence-corrected chi connectivity index (χ3v) is 5.13. The predicted molar refractivity (Wildman–Crippen MR) is 96.6 cm³/mol. The molecule has 0 spiro atoms. The quantitative estimate of drug-likeness (QED) is 0.627. The Hall–Kier alpha value is -3.00. The van der Waals surface area contributed by atoms with Crippen molar-refractivity contribution in [2.24, 2.45) is 0 Å². The van der Waals surface area contributed by atoms with E-state index in [9.17, 15) is 18.0 Å². The molecule has 0 amide bonds. The van der Waals surface area contributed by atoms with Crippen molar-refractivity contribution in [3.8, 4) is 17.0 Å². The zero-order valence-corrected chi connectivity index (χ0v) is 15.5. The van der Waals surface area contributed by atoms with Crippen molar-refractivity contribution in [2.75, 3.05) is 0 Å². The molecule has 1 saturated heterocycles. The third kappa shape index (κ3) is 2.86. The highest BCUT2D eigenvalue weighted by Gasteiger charge is 2.44. The van der Waals surface area contributed by atoms with Gasteiger partial charge in [-0.1, -0.05) is 0 Å². The lowest BCUT2D eigenvalue weighted by Gasteiger charge is -2.28. The molecule has 29 heavy (non-hydrogen) atoms. The summed E-state index contributed by atoms with van der Waals surface area (Å²) in [7, 11) is 0. The zero-order chi connectivity index (χ0) is 20.5. The Balaban J connectivity index is 1.67. The van der Waals surface area contributed by atoms with E-state index in [1.165, 1.54) is 24.3 Å². The second-order valence-corrected chi connectivity index (χ2v) is 7.63. The standard InChI is InChI=1S/C21H16F3NO4/c1-21(2)28-16(20(26)29-21)8-15-17-12-5-10(23)6-13(24)18(12)25-19(17)11-4-3-9(22)7-14(11)27-15/h3-7,15-16,25H,8H2,1-2H3/t15?,16-/m0/s1. The van der Waals surface area contributed by atoms with Gasteiger partial charge in [-0.25, -0.2) is 18.0 Å². The van der Waals surface area contributed by atoms with E-state index in [-0.39, 0.29) is 17.7 Å². The number of H-pyrrole nitrogens is 1. The van der Waals surface area contributed by atoms with Gasteiger partial charge in [0.1, 0.15) is 29.3 Å². The van der Waals surface area contributed by atoms with Gasteiger partial charge in [-0.15, -0.1) is 0 Å². The summed E-state index contributed by atoms with van der Waals surface area (Å²) >= 11 is 0.